The van der Waals surface area contributed by atoms with Crippen molar-refractivity contribution in [3.8, 4) is 0 Å². The monoisotopic (exact) mass is 157 g/mol. The highest BCUT2D eigenvalue weighted by molar-refractivity contribution is 4.50. The average Bonchev–Trinajstić information content (AvgIpc) is 1.87. The molecule has 0 aromatic heterocycles. The maximum atomic E-state index is 11.2. The van der Waals surface area contributed by atoms with Crippen LogP contribution in [0.15, 0.2) is 0 Å². The van der Waals surface area contributed by atoms with E-state index in [1.54, 1.807) is 0 Å². The Kier molecular flexibility index (Phi) is 8.53. The van der Waals surface area contributed by atoms with Gasteiger partial charge in [-0.25, -0.2) is 0 Å². The van der Waals surface area contributed by atoms with Crippen LogP contribution in [0, 0.1) is 0 Å². The second-order valence-corrected chi connectivity index (χ2v) is 1.47. The normalized spacial score (nSPS) is 10.2. The molecule has 0 rings (SSSR count). The van der Waals surface area contributed by atoms with Gasteiger partial charge in [0, 0.05) is 6.54 Å². The minimum absolute atomic E-state index is 0.00347. The molecule has 4 heteroatoms. The third-order valence-corrected chi connectivity index (χ3v) is 0.658. The number of halogens is 3. The van der Waals surface area contributed by atoms with E-state index in [0.29, 0.717) is 0 Å². The van der Waals surface area contributed by atoms with Crippen LogP contribution >= 0.6 is 0 Å². The van der Waals surface area contributed by atoms with Crippen molar-refractivity contribution in [2.75, 3.05) is 13.6 Å². The van der Waals surface area contributed by atoms with Crippen molar-refractivity contribution in [1.29, 1.82) is 0 Å². The predicted molar refractivity (Wildman–Crippen MR) is 35.9 cm³/mol. The third-order valence-electron chi connectivity index (χ3n) is 0.658. The Bertz CT molecular complexity index is 60.5. The molecule has 10 heavy (non-hydrogen) atoms. The van der Waals surface area contributed by atoms with Crippen molar-refractivity contribution in [1.82, 2.24) is 5.32 Å². The summed E-state index contributed by atoms with van der Waals surface area (Å²) in [5, 5.41) is 2.40. The minimum Gasteiger partial charge on any atom is -0.319 e. The van der Waals surface area contributed by atoms with Crippen LogP contribution in [0.4, 0.5) is 13.2 Å². The highest BCUT2D eigenvalue weighted by Crippen LogP contribution is 2.17. The summed E-state index contributed by atoms with van der Waals surface area (Å²) in [4.78, 5) is 0. The topological polar surface area (TPSA) is 12.0 Å². The number of hydrogen-bond donors (Lipinski definition) is 1. The smallest absolute Gasteiger partial charge is 0.319 e. The highest BCUT2D eigenvalue weighted by Gasteiger charge is 2.25. The van der Waals surface area contributed by atoms with Gasteiger partial charge in [0.2, 0.25) is 0 Å². The second kappa shape index (κ2) is 6.86. The van der Waals surface area contributed by atoms with Crippen molar-refractivity contribution in [2.45, 2.75) is 26.4 Å². The Labute approximate surface area is 59.6 Å². The van der Waals surface area contributed by atoms with Crippen molar-refractivity contribution in [2.24, 2.45) is 0 Å². The molecule has 1 N–H and O–H groups in total. The van der Waals surface area contributed by atoms with Crippen molar-refractivity contribution < 1.29 is 13.2 Å². The van der Waals surface area contributed by atoms with E-state index in [2.05, 4.69) is 5.32 Å². The Morgan fingerprint density at radius 3 is 1.70 bits per heavy atom. The molecule has 0 aliphatic heterocycles. The summed E-state index contributed by atoms with van der Waals surface area (Å²) in [6.45, 7) is 4.00. The van der Waals surface area contributed by atoms with Crippen LogP contribution < -0.4 is 5.32 Å². The molecule has 0 saturated carbocycles. The van der Waals surface area contributed by atoms with E-state index in [1.165, 1.54) is 7.05 Å². The summed E-state index contributed by atoms with van der Waals surface area (Å²) < 4.78 is 33.6. The first-order chi connectivity index (χ1) is 4.56. The molecule has 1 nitrogen and oxygen atoms in total. The molecule has 0 heterocycles. The predicted octanol–water partition coefficient (Wildman–Crippen LogP) is 2.18. The van der Waals surface area contributed by atoms with Gasteiger partial charge in [0.05, 0.1) is 6.42 Å². The fourth-order valence-corrected chi connectivity index (χ4v) is 0.267. The quantitative estimate of drug-likeness (QED) is 0.647. The molecule has 0 saturated heterocycles. The largest absolute Gasteiger partial charge is 0.390 e. The Hall–Kier alpha value is -0.250. The molecule has 0 radical (unpaired) electrons. The number of hydrogen-bond acceptors (Lipinski definition) is 1. The van der Waals surface area contributed by atoms with Gasteiger partial charge < -0.3 is 5.32 Å². The van der Waals surface area contributed by atoms with Gasteiger partial charge in [0.25, 0.3) is 0 Å². The van der Waals surface area contributed by atoms with E-state index in [9.17, 15) is 13.2 Å². The average molecular weight is 157 g/mol. The molecule has 0 aromatic carbocycles. The zero-order valence-electron chi connectivity index (χ0n) is 6.55. The zero-order chi connectivity index (χ0) is 8.62. The summed E-state index contributed by atoms with van der Waals surface area (Å²) in [6.07, 6.45) is -4.76. The van der Waals surface area contributed by atoms with E-state index in [0.717, 1.165) is 0 Å². The van der Waals surface area contributed by atoms with Gasteiger partial charge in [0.15, 0.2) is 0 Å². The van der Waals surface area contributed by atoms with E-state index in [4.69, 9.17) is 0 Å². The lowest BCUT2D eigenvalue weighted by atomic mass is 10.4. The van der Waals surface area contributed by atoms with E-state index in [-0.39, 0.29) is 6.54 Å². The lowest BCUT2D eigenvalue weighted by Gasteiger charge is -2.03. The van der Waals surface area contributed by atoms with Crippen LogP contribution in [0.25, 0.3) is 0 Å². The van der Waals surface area contributed by atoms with Crippen LogP contribution in [0.5, 0.6) is 0 Å². The molecule has 0 bridgehead atoms. The van der Waals surface area contributed by atoms with Crippen LogP contribution in [0.3, 0.4) is 0 Å². The third kappa shape index (κ3) is 15.7. The van der Waals surface area contributed by atoms with Crippen LogP contribution in [-0.2, 0) is 0 Å². The Balaban J connectivity index is 0. The summed E-state index contributed by atoms with van der Waals surface area (Å²) >= 11 is 0. The fraction of sp³-hybridized carbons (Fsp3) is 1.00. The zero-order valence-corrected chi connectivity index (χ0v) is 6.55. The maximum Gasteiger partial charge on any atom is 0.390 e. The first kappa shape index (κ1) is 12.4. The molecule has 0 aliphatic carbocycles. The van der Waals surface area contributed by atoms with Gasteiger partial charge >= 0.3 is 6.18 Å². The fourth-order valence-electron chi connectivity index (χ4n) is 0.267. The van der Waals surface area contributed by atoms with Crippen molar-refractivity contribution in [3.63, 3.8) is 0 Å². The molecule has 64 valence electrons. The molecule has 0 fully saturated rings. The highest BCUT2D eigenvalue weighted by atomic mass is 19.4. The Morgan fingerprint density at radius 1 is 1.20 bits per heavy atom. The first-order valence-corrected chi connectivity index (χ1v) is 3.27. The second-order valence-electron chi connectivity index (χ2n) is 1.47. The molecule has 0 aliphatic rings. The van der Waals surface area contributed by atoms with Gasteiger partial charge in [0.1, 0.15) is 0 Å². The van der Waals surface area contributed by atoms with Crippen LogP contribution in [0.1, 0.15) is 20.3 Å². The van der Waals surface area contributed by atoms with Gasteiger partial charge in [-0.2, -0.15) is 13.2 Å². The summed E-state index contributed by atoms with van der Waals surface area (Å²) in [5.74, 6) is 0. The minimum atomic E-state index is -4.01. The molecule has 0 aromatic rings. The molecule has 0 unspecified atom stereocenters. The molecular formula is C6H14F3N. The van der Waals surface area contributed by atoms with Crippen LogP contribution in [0.2, 0.25) is 0 Å². The number of rotatable bonds is 2. The SMILES string of the molecule is CC.CNCCC(F)(F)F. The molecule has 0 atom stereocenters. The summed E-state index contributed by atoms with van der Waals surface area (Å²) in [6, 6.07) is 0. The molecule has 0 amide bonds. The van der Waals surface area contributed by atoms with Crippen molar-refractivity contribution in [3.05, 3.63) is 0 Å². The van der Waals surface area contributed by atoms with Gasteiger partial charge in [-0.1, -0.05) is 13.8 Å². The summed E-state index contributed by atoms with van der Waals surface area (Å²) in [5.41, 5.74) is 0. The standard InChI is InChI=1S/C4H8F3N.C2H6/c1-8-3-2-4(5,6)7;1-2/h8H,2-3H2,1H3;1-2H3. The van der Waals surface area contributed by atoms with E-state index >= 15 is 0 Å². The number of nitrogens with one attached hydrogen (secondary N) is 1. The van der Waals surface area contributed by atoms with E-state index < -0.39 is 12.6 Å². The molecular weight excluding hydrogens is 143 g/mol. The first-order valence-electron chi connectivity index (χ1n) is 3.27. The van der Waals surface area contributed by atoms with Gasteiger partial charge in [-0.3, -0.25) is 0 Å². The maximum absolute atomic E-state index is 11.2. The summed E-state index contributed by atoms with van der Waals surface area (Å²) in [7, 11) is 1.49. The lowest BCUT2D eigenvalue weighted by Crippen LogP contribution is -2.17. The van der Waals surface area contributed by atoms with Gasteiger partial charge in [-0.15, -0.1) is 0 Å². The number of alkyl halides is 3. The van der Waals surface area contributed by atoms with E-state index in [1.807, 2.05) is 13.8 Å². The van der Waals surface area contributed by atoms with Gasteiger partial charge in [-0.05, 0) is 7.05 Å². The Morgan fingerprint density at radius 2 is 1.60 bits per heavy atom. The van der Waals surface area contributed by atoms with Crippen molar-refractivity contribution >= 4 is 0 Å². The van der Waals surface area contributed by atoms with Crippen LogP contribution in [-0.4, -0.2) is 19.8 Å². The molecule has 0 spiro atoms. The lowest BCUT2D eigenvalue weighted by molar-refractivity contribution is -0.133.